The molecule has 0 aliphatic carbocycles. The van der Waals surface area contributed by atoms with E-state index in [1.807, 2.05) is 0 Å². The van der Waals surface area contributed by atoms with Crippen LogP contribution in [0.1, 0.15) is 32.8 Å². The second kappa shape index (κ2) is 20.6. The number of carbonyl (C=O) groups is 2. The molecule has 2 N–H and O–H groups in total. The van der Waals surface area contributed by atoms with Gasteiger partial charge in [0.25, 0.3) is 0 Å². The zero-order valence-corrected chi connectivity index (χ0v) is 35.2. The molecular weight excluding hydrogens is 789 g/mol. The third-order valence-electron chi connectivity index (χ3n) is 9.04. The Kier molecular flexibility index (Phi) is 15.7. The maximum absolute atomic E-state index is 15.6. The standard InChI is InChI=1S/C42H48N2O14S/c1-49-27-21-35(53-5)29(36(22-27)54-6)13-17-39(25-11-15-33(51-3)31(19-25)43-41(45)57-9)59(47,48)40(26-12-16-34(52-4)32(20-26)44-42(46)58-10)18-14-30-37(55-7)23-28(50-2)24-38(30)56-8/h11-24,39-40H,1-10H3,(H,43,45)(H,44,46)/b17-13+,18-14+. The molecule has 0 spiro atoms. The Morgan fingerprint density at radius 3 is 1.07 bits per heavy atom. The molecule has 4 aromatic rings. The summed E-state index contributed by atoms with van der Waals surface area (Å²) in [6.45, 7) is 0. The Balaban J connectivity index is 2.10. The van der Waals surface area contributed by atoms with E-state index in [0.29, 0.717) is 45.6 Å². The van der Waals surface area contributed by atoms with Gasteiger partial charge in [0.05, 0.1) is 93.6 Å². The average Bonchev–Trinajstić information content (AvgIpc) is 3.25. The molecule has 4 aromatic carbocycles. The van der Waals surface area contributed by atoms with E-state index in [-0.39, 0.29) is 34.0 Å². The minimum Gasteiger partial charge on any atom is -0.496 e. The summed E-state index contributed by atoms with van der Waals surface area (Å²) in [6.07, 6.45) is 4.44. The number of amides is 2. The van der Waals surface area contributed by atoms with Crippen molar-refractivity contribution in [2.75, 3.05) is 81.7 Å². The van der Waals surface area contributed by atoms with Crippen LogP contribution in [0.25, 0.3) is 12.2 Å². The number of benzene rings is 4. The fraction of sp³-hybridized carbons (Fsp3) is 0.286. The highest BCUT2D eigenvalue weighted by atomic mass is 32.2. The second-order valence-electron chi connectivity index (χ2n) is 12.2. The molecule has 0 fully saturated rings. The van der Waals surface area contributed by atoms with Crippen LogP contribution in [0.15, 0.2) is 72.8 Å². The van der Waals surface area contributed by atoms with Crippen LogP contribution < -0.4 is 48.5 Å². The first-order valence-electron chi connectivity index (χ1n) is 17.6. The average molecular weight is 837 g/mol. The highest BCUT2D eigenvalue weighted by molar-refractivity contribution is 7.92. The van der Waals surface area contributed by atoms with Crippen molar-refractivity contribution < 1.29 is 65.4 Å². The van der Waals surface area contributed by atoms with Gasteiger partial charge in [0, 0.05) is 24.3 Å². The summed E-state index contributed by atoms with van der Waals surface area (Å²) in [4.78, 5) is 24.9. The Hall–Kier alpha value is -6.75. The van der Waals surface area contributed by atoms with Gasteiger partial charge in [-0.1, -0.05) is 24.3 Å². The zero-order valence-electron chi connectivity index (χ0n) is 34.4. The van der Waals surface area contributed by atoms with Crippen molar-refractivity contribution in [2.24, 2.45) is 0 Å². The van der Waals surface area contributed by atoms with E-state index in [1.54, 1.807) is 48.6 Å². The lowest BCUT2D eigenvalue weighted by atomic mass is 10.1. The van der Waals surface area contributed by atoms with Crippen LogP contribution in [0, 0.1) is 0 Å². The van der Waals surface area contributed by atoms with E-state index in [9.17, 15) is 9.59 Å². The lowest BCUT2D eigenvalue weighted by molar-refractivity contribution is 0.186. The third kappa shape index (κ3) is 10.4. The first kappa shape index (κ1) is 45.0. The summed E-state index contributed by atoms with van der Waals surface area (Å²) in [5.74, 6) is 2.70. The summed E-state index contributed by atoms with van der Waals surface area (Å²) < 4.78 is 85.3. The molecule has 17 heteroatoms. The number of nitrogens with one attached hydrogen (secondary N) is 2. The van der Waals surface area contributed by atoms with Crippen molar-refractivity contribution in [1.82, 2.24) is 0 Å². The van der Waals surface area contributed by atoms with Crippen molar-refractivity contribution in [3.8, 4) is 46.0 Å². The highest BCUT2D eigenvalue weighted by Crippen LogP contribution is 2.44. The number of hydrogen-bond acceptors (Lipinski definition) is 14. The Labute approximate surface area is 343 Å². The topological polar surface area (TPSA) is 185 Å². The molecule has 16 nitrogen and oxygen atoms in total. The number of hydrogen-bond donors (Lipinski definition) is 2. The van der Waals surface area contributed by atoms with Gasteiger partial charge in [0.1, 0.15) is 56.5 Å². The zero-order chi connectivity index (χ0) is 43.3. The monoisotopic (exact) mass is 836 g/mol. The van der Waals surface area contributed by atoms with Gasteiger partial charge in [0.2, 0.25) is 0 Å². The van der Waals surface area contributed by atoms with Crippen LogP contribution in [0.4, 0.5) is 21.0 Å². The number of methoxy groups -OCH3 is 10. The molecule has 2 atom stereocenters. The molecule has 0 bridgehead atoms. The molecule has 0 saturated carbocycles. The molecule has 0 radical (unpaired) electrons. The smallest absolute Gasteiger partial charge is 0.411 e. The van der Waals surface area contributed by atoms with E-state index in [1.165, 1.54) is 108 Å². The molecule has 2 unspecified atom stereocenters. The second-order valence-corrected chi connectivity index (χ2v) is 14.4. The maximum Gasteiger partial charge on any atom is 0.411 e. The molecule has 2 amide bonds. The fourth-order valence-corrected chi connectivity index (χ4v) is 8.03. The van der Waals surface area contributed by atoms with Crippen molar-refractivity contribution in [2.45, 2.75) is 10.5 Å². The summed E-state index contributed by atoms with van der Waals surface area (Å²) >= 11 is 0. The van der Waals surface area contributed by atoms with Crippen LogP contribution in [-0.2, 0) is 19.3 Å². The predicted octanol–water partition coefficient (Wildman–Crippen LogP) is 7.74. The molecule has 316 valence electrons. The summed E-state index contributed by atoms with van der Waals surface area (Å²) in [5, 5.41) is 2.26. The van der Waals surface area contributed by atoms with Crippen molar-refractivity contribution in [1.29, 1.82) is 0 Å². The molecule has 59 heavy (non-hydrogen) atoms. The van der Waals surface area contributed by atoms with Gasteiger partial charge >= 0.3 is 12.2 Å². The maximum atomic E-state index is 15.6. The molecule has 0 aromatic heterocycles. The Morgan fingerprint density at radius 2 is 0.797 bits per heavy atom. The summed E-state index contributed by atoms with van der Waals surface area (Å²) in [7, 11) is 9.50. The quantitative estimate of drug-likeness (QED) is 0.0992. The Bertz CT molecular complexity index is 2090. The first-order valence-corrected chi connectivity index (χ1v) is 19.2. The number of anilines is 2. The van der Waals surface area contributed by atoms with Crippen LogP contribution in [0.3, 0.4) is 0 Å². The van der Waals surface area contributed by atoms with Gasteiger partial charge in [-0.3, -0.25) is 10.6 Å². The minimum absolute atomic E-state index is 0.138. The van der Waals surface area contributed by atoms with Gasteiger partial charge in [-0.25, -0.2) is 18.0 Å². The van der Waals surface area contributed by atoms with Crippen molar-refractivity contribution >= 4 is 45.6 Å². The SMILES string of the molecule is COC(=O)Nc1cc(C(/C=C/c2c(OC)cc(OC)cc2OC)S(=O)(=O)C(/C=C/c2c(OC)cc(OC)cc2OC)c2ccc(OC)c(NC(=O)OC)c2)ccc1OC. The van der Waals surface area contributed by atoms with Crippen LogP contribution in [0.5, 0.6) is 46.0 Å². The lowest BCUT2D eigenvalue weighted by Gasteiger charge is -2.24. The number of rotatable bonds is 18. The predicted molar refractivity (Wildman–Crippen MR) is 223 cm³/mol. The molecule has 0 saturated heterocycles. The fourth-order valence-electron chi connectivity index (χ4n) is 6.06. The van der Waals surface area contributed by atoms with Crippen molar-refractivity contribution in [3.63, 3.8) is 0 Å². The van der Waals surface area contributed by atoms with E-state index in [4.69, 9.17) is 47.4 Å². The van der Waals surface area contributed by atoms with E-state index >= 15 is 8.42 Å². The number of sulfone groups is 1. The Morgan fingerprint density at radius 1 is 0.475 bits per heavy atom. The lowest BCUT2D eigenvalue weighted by Crippen LogP contribution is -2.20. The van der Waals surface area contributed by atoms with Crippen LogP contribution in [0.2, 0.25) is 0 Å². The van der Waals surface area contributed by atoms with Crippen LogP contribution >= 0.6 is 0 Å². The first-order chi connectivity index (χ1) is 28.4. The van der Waals surface area contributed by atoms with Gasteiger partial charge in [-0.15, -0.1) is 0 Å². The summed E-state index contributed by atoms with van der Waals surface area (Å²) in [6, 6.07) is 15.6. The molecule has 0 aliphatic heterocycles. The van der Waals surface area contributed by atoms with Crippen molar-refractivity contribution in [3.05, 3.63) is 95.1 Å². The largest absolute Gasteiger partial charge is 0.496 e. The number of ether oxygens (including phenoxy) is 10. The third-order valence-corrected chi connectivity index (χ3v) is 11.3. The highest BCUT2D eigenvalue weighted by Gasteiger charge is 2.35. The summed E-state index contributed by atoms with van der Waals surface area (Å²) in [5.41, 5.74) is 1.54. The molecule has 0 aliphatic rings. The normalized spacial score (nSPS) is 12.2. The van der Waals surface area contributed by atoms with Gasteiger partial charge in [-0.05, 0) is 47.5 Å². The van der Waals surface area contributed by atoms with E-state index in [2.05, 4.69) is 10.6 Å². The minimum atomic E-state index is -4.51. The van der Waals surface area contributed by atoms with E-state index in [0.717, 1.165) is 0 Å². The van der Waals surface area contributed by atoms with Gasteiger partial charge in [0.15, 0.2) is 9.84 Å². The molecule has 4 rings (SSSR count). The molecule has 0 heterocycles. The molecular formula is C42H48N2O14S. The van der Waals surface area contributed by atoms with Crippen LogP contribution in [-0.4, -0.2) is 91.7 Å². The van der Waals surface area contributed by atoms with Gasteiger partial charge < -0.3 is 47.4 Å². The van der Waals surface area contributed by atoms with Gasteiger partial charge in [-0.2, -0.15) is 0 Å². The number of carbonyl (C=O) groups excluding carboxylic acids is 2. The van der Waals surface area contributed by atoms with E-state index < -0.39 is 32.5 Å².